The quantitative estimate of drug-likeness (QED) is 0.876. The summed E-state index contributed by atoms with van der Waals surface area (Å²) in [6.07, 6.45) is 2.14. The first-order valence-corrected chi connectivity index (χ1v) is 8.45. The van der Waals surface area contributed by atoms with E-state index in [1.807, 2.05) is 4.90 Å². The van der Waals surface area contributed by atoms with Crippen molar-refractivity contribution in [3.05, 3.63) is 28.2 Å². The second kappa shape index (κ2) is 8.43. The number of halogens is 3. The number of amides is 1. The van der Waals surface area contributed by atoms with Gasteiger partial charge in [-0.3, -0.25) is 4.79 Å². The van der Waals surface area contributed by atoms with Gasteiger partial charge in [0.1, 0.15) is 5.75 Å². The molecule has 2 aliphatic rings. The van der Waals surface area contributed by atoms with Crippen LogP contribution >= 0.6 is 35.6 Å². The fourth-order valence-electron chi connectivity index (χ4n) is 3.29. The first kappa shape index (κ1) is 18.7. The Hall–Kier alpha value is -0.680. The Bertz CT molecular complexity index is 542. The molecule has 2 fully saturated rings. The molecule has 1 aromatic carbocycles. The number of nitrogens with zero attached hydrogens (tertiary/aromatic N) is 1. The number of ether oxygens (including phenoxy) is 1. The van der Waals surface area contributed by atoms with Crippen LogP contribution in [0.2, 0.25) is 10.0 Å². The Morgan fingerprint density at radius 2 is 1.87 bits per heavy atom. The zero-order valence-corrected chi connectivity index (χ0v) is 15.1. The van der Waals surface area contributed by atoms with Crippen molar-refractivity contribution in [2.24, 2.45) is 11.8 Å². The molecule has 4 nitrogen and oxygen atoms in total. The van der Waals surface area contributed by atoms with Gasteiger partial charge in [0, 0.05) is 24.2 Å². The van der Waals surface area contributed by atoms with Crippen molar-refractivity contribution in [2.45, 2.75) is 12.8 Å². The minimum Gasteiger partial charge on any atom is -0.482 e. The van der Waals surface area contributed by atoms with Gasteiger partial charge in [0.2, 0.25) is 0 Å². The van der Waals surface area contributed by atoms with Crippen molar-refractivity contribution < 1.29 is 9.53 Å². The molecule has 23 heavy (non-hydrogen) atoms. The Balaban J connectivity index is 0.00000192. The van der Waals surface area contributed by atoms with Crippen molar-refractivity contribution in [3.63, 3.8) is 0 Å². The van der Waals surface area contributed by atoms with E-state index in [0.717, 1.165) is 39.0 Å². The lowest BCUT2D eigenvalue weighted by Crippen LogP contribution is -2.36. The monoisotopic (exact) mass is 378 g/mol. The summed E-state index contributed by atoms with van der Waals surface area (Å²) in [5.74, 6) is 1.89. The van der Waals surface area contributed by atoms with E-state index in [-0.39, 0.29) is 24.9 Å². The molecule has 2 saturated heterocycles. The van der Waals surface area contributed by atoms with Crippen molar-refractivity contribution >= 4 is 41.5 Å². The molecule has 1 N–H and O–H groups in total. The van der Waals surface area contributed by atoms with Crippen LogP contribution in [-0.4, -0.2) is 43.6 Å². The Labute approximate surface area is 152 Å². The van der Waals surface area contributed by atoms with E-state index in [9.17, 15) is 4.79 Å². The maximum Gasteiger partial charge on any atom is 0.260 e. The highest BCUT2D eigenvalue weighted by molar-refractivity contribution is 6.34. The summed E-state index contributed by atoms with van der Waals surface area (Å²) in [7, 11) is 0. The van der Waals surface area contributed by atoms with Crippen LogP contribution in [0, 0.1) is 11.8 Å². The van der Waals surface area contributed by atoms with Gasteiger partial charge in [-0.05, 0) is 49.9 Å². The van der Waals surface area contributed by atoms with Crippen LogP contribution in [0.15, 0.2) is 18.2 Å². The topological polar surface area (TPSA) is 41.6 Å². The van der Waals surface area contributed by atoms with Gasteiger partial charge in [0.25, 0.3) is 5.91 Å². The van der Waals surface area contributed by atoms with E-state index in [1.54, 1.807) is 18.2 Å². The molecule has 0 saturated carbocycles. The average Bonchev–Trinajstić information content (AvgIpc) is 2.86. The van der Waals surface area contributed by atoms with Crippen LogP contribution in [0.3, 0.4) is 0 Å². The molecule has 2 atom stereocenters. The third kappa shape index (κ3) is 4.66. The maximum absolute atomic E-state index is 12.3. The van der Waals surface area contributed by atoms with Gasteiger partial charge in [0.05, 0.1) is 5.02 Å². The summed E-state index contributed by atoms with van der Waals surface area (Å²) in [6, 6.07) is 5.00. The van der Waals surface area contributed by atoms with E-state index in [0.29, 0.717) is 27.6 Å². The third-order valence-electron chi connectivity index (χ3n) is 4.62. The van der Waals surface area contributed by atoms with Crippen molar-refractivity contribution in [3.8, 4) is 5.75 Å². The summed E-state index contributed by atoms with van der Waals surface area (Å²) in [5, 5.41) is 4.45. The van der Waals surface area contributed by atoms with Gasteiger partial charge in [-0.1, -0.05) is 23.2 Å². The van der Waals surface area contributed by atoms with Gasteiger partial charge >= 0.3 is 0 Å². The number of benzene rings is 1. The molecule has 0 spiro atoms. The standard InChI is InChI=1S/C16H20Cl2N2O2.ClH/c17-13-1-2-14(18)15(7-13)22-10-16(21)20-5-3-11-8-19-9-12(11)4-6-20;/h1-2,7,11-12,19H,3-6,8-10H2;1H/t11-,12+;. The van der Waals surface area contributed by atoms with Gasteiger partial charge in [0.15, 0.2) is 6.61 Å². The highest BCUT2D eigenvalue weighted by Gasteiger charge is 2.31. The fourth-order valence-corrected chi connectivity index (χ4v) is 3.62. The van der Waals surface area contributed by atoms with E-state index in [1.165, 1.54) is 0 Å². The van der Waals surface area contributed by atoms with Crippen LogP contribution in [-0.2, 0) is 4.79 Å². The summed E-state index contributed by atoms with van der Waals surface area (Å²) < 4.78 is 5.55. The zero-order chi connectivity index (χ0) is 15.5. The first-order valence-electron chi connectivity index (χ1n) is 7.70. The van der Waals surface area contributed by atoms with Crippen LogP contribution in [0.1, 0.15) is 12.8 Å². The number of fused-ring (bicyclic) bond motifs is 1. The fraction of sp³-hybridized carbons (Fsp3) is 0.562. The number of carbonyl (C=O) groups excluding carboxylic acids is 1. The number of hydrogen-bond donors (Lipinski definition) is 1. The molecule has 1 amide bonds. The minimum atomic E-state index is 0. The number of hydrogen-bond acceptors (Lipinski definition) is 3. The lowest BCUT2D eigenvalue weighted by molar-refractivity contribution is -0.133. The normalized spacial score (nSPS) is 23.7. The molecule has 0 aromatic heterocycles. The molecular formula is C16H21Cl3N2O2. The molecule has 2 aliphatic heterocycles. The molecule has 1 aromatic rings. The van der Waals surface area contributed by atoms with E-state index >= 15 is 0 Å². The minimum absolute atomic E-state index is 0. The van der Waals surface area contributed by atoms with Gasteiger partial charge in [-0.15, -0.1) is 12.4 Å². The molecule has 7 heteroatoms. The largest absolute Gasteiger partial charge is 0.482 e. The van der Waals surface area contributed by atoms with Crippen LogP contribution < -0.4 is 10.1 Å². The molecule has 2 heterocycles. The van der Waals surface area contributed by atoms with Gasteiger partial charge < -0.3 is 15.0 Å². The van der Waals surface area contributed by atoms with Crippen LogP contribution in [0.4, 0.5) is 0 Å². The van der Waals surface area contributed by atoms with Gasteiger partial charge in [-0.2, -0.15) is 0 Å². The Kier molecular flexibility index (Phi) is 6.84. The highest BCUT2D eigenvalue weighted by atomic mass is 35.5. The SMILES string of the molecule is Cl.O=C(COc1cc(Cl)ccc1Cl)N1CC[C@@H]2CNC[C@@H]2CC1. The van der Waals surface area contributed by atoms with Crippen LogP contribution in [0.25, 0.3) is 0 Å². The lowest BCUT2D eigenvalue weighted by Gasteiger charge is -2.21. The summed E-state index contributed by atoms with van der Waals surface area (Å²) in [4.78, 5) is 14.3. The molecule has 3 rings (SSSR count). The summed E-state index contributed by atoms with van der Waals surface area (Å²) in [6.45, 7) is 3.80. The van der Waals surface area contributed by atoms with Gasteiger partial charge in [-0.25, -0.2) is 0 Å². The van der Waals surface area contributed by atoms with Crippen molar-refractivity contribution in [1.82, 2.24) is 10.2 Å². The molecular weight excluding hydrogens is 359 g/mol. The molecule has 0 radical (unpaired) electrons. The highest BCUT2D eigenvalue weighted by Crippen LogP contribution is 2.29. The molecule has 0 unspecified atom stereocenters. The number of carbonyl (C=O) groups is 1. The predicted octanol–water partition coefficient (Wildman–Crippen LogP) is 3.25. The summed E-state index contributed by atoms with van der Waals surface area (Å²) in [5.41, 5.74) is 0. The Morgan fingerprint density at radius 3 is 2.52 bits per heavy atom. The first-order chi connectivity index (χ1) is 10.6. The average molecular weight is 380 g/mol. The third-order valence-corrected chi connectivity index (χ3v) is 5.16. The van der Waals surface area contributed by atoms with Crippen LogP contribution in [0.5, 0.6) is 5.75 Å². The second-order valence-corrected chi connectivity index (χ2v) is 6.84. The second-order valence-electron chi connectivity index (χ2n) is 6.00. The predicted molar refractivity (Wildman–Crippen MR) is 94.9 cm³/mol. The van der Waals surface area contributed by atoms with Crippen molar-refractivity contribution in [1.29, 1.82) is 0 Å². The number of nitrogens with one attached hydrogen (secondary N) is 1. The van der Waals surface area contributed by atoms with E-state index in [4.69, 9.17) is 27.9 Å². The molecule has 128 valence electrons. The molecule has 0 aliphatic carbocycles. The molecule has 0 bridgehead atoms. The number of likely N-dealkylation sites (tertiary alicyclic amines) is 1. The Morgan fingerprint density at radius 1 is 1.22 bits per heavy atom. The lowest BCUT2D eigenvalue weighted by atomic mass is 9.92. The van der Waals surface area contributed by atoms with Crippen molar-refractivity contribution in [2.75, 3.05) is 32.8 Å². The maximum atomic E-state index is 12.3. The van der Waals surface area contributed by atoms with E-state index in [2.05, 4.69) is 5.32 Å². The zero-order valence-electron chi connectivity index (χ0n) is 12.8. The smallest absolute Gasteiger partial charge is 0.260 e. The van der Waals surface area contributed by atoms with E-state index < -0.39 is 0 Å². The number of rotatable bonds is 3. The summed E-state index contributed by atoms with van der Waals surface area (Å²) >= 11 is 12.0.